The second-order valence-electron chi connectivity index (χ2n) is 9.01. The molecule has 1 atom stereocenters. The Morgan fingerprint density at radius 3 is 2.60 bits per heavy atom. The zero-order valence-corrected chi connectivity index (χ0v) is 20.5. The molecule has 1 fully saturated rings. The number of benzene rings is 3. The van der Waals surface area contributed by atoms with Crippen molar-refractivity contribution < 1.29 is 14.3 Å². The molecule has 0 N–H and O–H groups in total. The highest BCUT2D eigenvalue weighted by molar-refractivity contribution is 5.97. The lowest BCUT2D eigenvalue weighted by molar-refractivity contribution is -0.117. The molecule has 180 valence electrons. The van der Waals surface area contributed by atoms with Crippen LogP contribution in [0.4, 0.5) is 5.69 Å². The normalized spacial score (nSPS) is 15.7. The van der Waals surface area contributed by atoms with Crippen LogP contribution >= 0.6 is 0 Å². The molecule has 0 radical (unpaired) electrons. The molecule has 3 aromatic carbocycles. The summed E-state index contributed by atoms with van der Waals surface area (Å²) < 4.78 is 14.1. The highest BCUT2D eigenvalue weighted by atomic mass is 16.5. The number of fused-ring (bicyclic) bond motifs is 1. The Morgan fingerprint density at radius 2 is 1.77 bits per heavy atom. The van der Waals surface area contributed by atoms with E-state index in [4.69, 9.17) is 14.5 Å². The van der Waals surface area contributed by atoms with Gasteiger partial charge in [0.25, 0.3) is 0 Å². The van der Waals surface area contributed by atoms with Gasteiger partial charge in [-0.2, -0.15) is 0 Å². The van der Waals surface area contributed by atoms with Gasteiger partial charge in [0.15, 0.2) is 0 Å². The summed E-state index contributed by atoms with van der Waals surface area (Å²) in [6, 6.07) is 22.0. The van der Waals surface area contributed by atoms with Crippen molar-refractivity contribution in [1.29, 1.82) is 0 Å². The Morgan fingerprint density at radius 1 is 0.971 bits per heavy atom. The summed E-state index contributed by atoms with van der Waals surface area (Å²) in [5.74, 6) is 2.62. The molecule has 0 saturated carbocycles. The van der Waals surface area contributed by atoms with E-state index in [1.165, 1.54) is 11.1 Å². The van der Waals surface area contributed by atoms with Crippen LogP contribution in [-0.2, 0) is 11.3 Å². The molecular formula is C29H31N3O3. The van der Waals surface area contributed by atoms with E-state index in [2.05, 4.69) is 36.6 Å². The molecule has 1 saturated heterocycles. The molecule has 4 aromatic rings. The smallest absolute Gasteiger partial charge is 0.227 e. The van der Waals surface area contributed by atoms with Crippen molar-refractivity contribution >= 4 is 22.6 Å². The zero-order chi connectivity index (χ0) is 24.4. The number of nitrogens with zero attached hydrogens (tertiary/aromatic N) is 3. The fourth-order valence-corrected chi connectivity index (χ4v) is 4.77. The minimum atomic E-state index is -0.00815. The quantitative estimate of drug-likeness (QED) is 0.335. The maximum absolute atomic E-state index is 13.1. The number of hydrogen-bond donors (Lipinski definition) is 0. The SMILES string of the molecule is CCOc1ccccc1N1CC(c2nc3ccccc3n2CCOc2ccc(C)c(C)c2)CC1=O. The molecule has 1 aromatic heterocycles. The molecule has 0 bridgehead atoms. The summed E-state index contributed by atoms with van der Waals surface area (Å²) >= 11 is 0. The van der Waals surface area contributed by atoms with Gasteiger partial charge in [0.05, 0.1) is 29.9 Å². The number of aryl methyl sites for hydroxylation is 2. The molecule has 2 heterocycles. The lowest BCUT2D eigenvalue weighted by Crippen LogP contribution is -2.25. The number of hydrogen-bond acceptors (Lipinski definition) is 4. The maximum Gasteiger partial charge on any atom is 0.227 e. The van der Waals surface area contributed by atoms with Crippen LogP contribution in [0.5, 0.6) is 11.5 Å². The van der Waals surface area contributed by atoms with Gasteiger partial charge in [-0.05, 0) is 68.3 Å². The number of carbonyl (C=O) groups excluding carboxylic acids is 1. The largest absolute Gasteiger partial charge is 0.492 e. The van der Waals surface area contributed by atoms with Crippen LogP contribution in [0.25, 0.3) is 11.0 Å². The first-order valence-electron chi connectivity index (χ1n) is 12.2. The van der Waals surface area contributed by atoms with Crippen LogP contribution in [0, 0.1) is 13.8 Å². The van der Waals surface area contributed by atoms with Crippen LogP contribution in [0.15, 0.2) is 66.7 Å². The predicted octanol–water partition coefficient (Wildman–Crippen LogP) is 5.65. The van der Waals surface area contributed by atoms with E-state index in [-0.39, 0.29) is 11.8 Å². The fourth-order valence-electron chi connectivity index (χ4n) is 4.77. The van der Waals surface area contributed by atoms with Crippen molar-refractivity contribution in [1.82, 2.24) is 9.55 Å². The lowest BCUT2D eigenvalue weighted by Gasteiger charge is -2.20. The zero-order valence-electron chi connectivity index (χ0n) is 20.5. The van der Waals surface area contributed by atoms with Gasteiger partial charge in [-0.15, -0.1) is 0 Å². The summed E-state index contributed by atoms with van der Waals surface area (Å²) in [6.45, 7) is 8.45. The summed E-state index contributed by atoms with van der Waals surface area (Å²) in [7, 11) is 0. The van der Waals surface area contributed by atoms with Gasteiger partial charge < -0.3 is 18.9 Å². The predicted molar refractivity (Wildman–Crippen MR) is 138 cm³/mol. The van der Waals surface area contributed by atoms with Gasteiger partial charge in [-0.1, -0.05) is 30.3 Å². The Kier molecular flexibility index (Phi) is 6.45. The molecule has 6 nitrogen and oxygen atoms in total. The number of aromatic nitrogens is 2. The van der Waals surface area contributed by atoms with Crippen molar-refractivity contribution in [3.8, 4) is 11.5 Å². The van der Waals surface area contributed by atoms with Crippen LogP contribution in [0.2, 0.25) is 0 Å². The molecule has 1 amide bonds. The van der Waals surface area contributed by atoms with E-state index in [1.807, 2.05) is 60.4 Å². The van der Waals surface area contributed by atoms with Crippen LogP contribution in [0.1, 0.15) is 36.2 Å². The fraction of sp³-hybridized carbons (Fsp3) is 0.310. The Hall–Kier alpha value is -3.80. The van der Waals surface area contributed by atoms with Crippen molar-refractivity contribution in [3.05, 3.63) is 83.7 Å². The second kappa shape index (κ2) is 9.82. The van der Waals surface area contributed by atoms with E-state index >= 15 is 0 Å². The summed E-state index contributed by atoms with van der Waals surface area (Å²) in [5.41, 5.74) is 5.29. The molecule has 1 aliphatic rings. The molecule has 1 unspecified atom stereocenters. The van der Waals surface area contributed by atoms with Crippen LogP contribution < -0.4 is 14.4 Å². The average molecular weight is 470 g/mol. The molecule has 5 rings (SSSR count). The number of anilines is 1. The highest BCUT2D eigenvalue weighted by Crippen LogP contribution is 2.37. The van der Waals surface area contributed by atoms with Gasteiger partial charge in [0.2, 0.25) is 5.91 Å². The Balaban J connectivity index is 1.40. The third kappa shape index (κ3) is 4.61. The minimum absolute atomic E-state index is 0.00815. The molecule has 1 aliphatic heterocycles. The summed E-state index contributed by atoms with van der Waals surface area (Å²) in [4.78, 5) is 19.9. The molecule has 35 heavy (non-hydrogen) atoms. The molecule has 6 heteroatoms. The topological polar surface area (TPSA) is 56.6 Å². The molecule has 0 spiro atoms. The number of imidazole rings is 1. The molecular weight excluding hydrogens is 438 g/mol. The van der Waals surface area contributed by atoms with Crippen molar-refractivity contribution in [2.75, 3.05) is 24.7 Å². The van der Waals surface area contributed by atoms with Crippen molar-refractivity contribution in [2.24, 2.45) is 0 Å². The van der Waals surface area contributed by atoms with Crippen LogP contribution in [0.3, 0.4) is 0 Å². The van der Waals surface area contributed by atoms with E-state index in [0.717, 1.165) is 34.0 Å². The number of para-hydroxylation sites is 4. The van der Waals surface area contributed by atoms with E-state index < -0.39 is 0 Å². The number of rotatable bonds is 8. The number of ether oxygens (including phenoxy) is 2. The van der Waals surface area contributed by atoms with E-state index in [0.29, 0.717) is 32.7 Å². The van der Waals surface area contributed by atoms with E-state index in [1.54, 1.807) is 0 Å². The monoisotopic (exact) mass is 469 g/mol. The highest BCUT2D eigenvalue weighted by Gasteiger charge is 2.36. The van der Waals surface area contributed by atoms with Crippen molar-refractivity contribution in [3.63, 3.8) is 0 Å². The summed E-state index contributed by atoms with van der Waals surface area (Å²) in [5, 5.41) is 0. The van der Waals surface area contributed by atoms with Crippen molar-refractivity contribution in [2.45, 2.75) is 39.7 Å². The van der Waals surface area contributed by atoms with Crippen LogP contribution in [-0.4, -0.2) is 35.2 Å². The number of amides is 1. The van der Waals surface area contributed by atoms with Gasteiger partial charge >= 0.3 is 0 Å². The molecule has 0 aliphatic carbocycles. The second-order valence-corrected chi connectivity index (χ2v) is 9.01. The third-order valence-electron chi connectivity index (χ3n) is 6.69. The van der Waals surface area contributed by atoms with Gasteiger partial charge in [-0.3, -0.25) is 4.79 Å². The minimum Gasteiger partial charge on any atom is -0.492 e. The van der Waals surface area contributed by atoms with Gasteiger partial charge in [0, 0.05) is 18.9 Å². The van der Waals surface area contributed by atoms with E-state index in [9.17, 15) is 4.79 Å². The Bertz CT molecular complexity index is 1360. The standard InChI is InChI=1S/C29H31N3O3/c1-4-34-27-12-8-7-11-26(27)32-19-22(18-28(32)33)29-30-24-9-5-6-10-25(24)31(29)15-16-35-23-14-13-20(2)21(3)17-23/h5-14,17,22H,4,15-16,18-19H2,1-3H3. The van der Waals surface area contributed by atoms with Gasteiger partial charge in [0.1, 0.15) is 23.9 Å². The maximum atomic E-state index is 13.1. The first kappa shape index (κ1) is 23.0. The number of carbonyl (C=O) groups is 1. The van der Waals surface area contributed by atoms with Gasteiger partial charge in [-0.25, -0.2) is 4.98 Å². The first-order chi connectivity index (χ1) is 17.0. The summed E-state index contributed by atoms with van der Waals surface area (Å²) in [6.07, 6.45) is 0.418. The lowest BCUT2D eigenvalue weighted by atomic mass is 10.1. The third-order valence-corrected chi connectivity index (χ3v) is 6.69. The average Bonchev–Trinajstić information content (AvgIpc) is 3.42. The first-order valence-corrected chi connectivity index (χ1v) is 12.2. The Labute approximate surface area is 206 Å².